The van der Waals surface area contributed by atoms with Crippen molar-refractivity contribution in [2.24, 2.45) is 0 Å². The Morgan fingerprint density at radius 3 is 2.57 bits per heavy atom. The molecule has 2 fully saturated rings. The van der Waals surface area contributed by atoms with Crippen LogP contribution in [0.3, 0.4) is 0 Å². The number of aliphatic hydroxyl groups is 1. The summed E-state index contributed by atoms with van der Waals surface area (Å²) < 4.78 is 20.6. The smallest absolute Gasteiger partial charge is 0.164 e. The van der Waals surface area contributed by atoms with Crippen LogP contribution in [0.2, 0.25) is 5.02 Å². The van der Waals surface area contributed by atoms with Gasteiger partial charge in [0.25, 0.3) is 0 Å². The Balaban J connectivity index is 1.57. The first-order valence-electron chi connectivity index (χ1n) is 9.74. The lowest BCUT2D eigenvalue weighted by Gasteiger charge is -2.34. The molecule has 8 nitrogen and oxygen atoms in total. The maximum Gasteiger partial charge on any atom is 0.164 e. The standard InChI is InChI=1S/C21H23ClN4O4/c1-20(2)29-14-15(30-20)19(26-9-8-13-17(23)24-10-25-18(13)26)28-16(14)21(3,27)11-4-6-12(22)7-5-11/h4-10,14-16,19,27H,1-3H3,(H2,23,24,25)/t14-,15+,16-,19+,21+/m0/s1. The molecule has 4 heterocycles. The maximum atomic E-state index is 11.5. The fourth-order valence-corrected chi connectivity index (χ4v) is 4.53. The molecule has 2 aliphatic heterocycles. The number of aromatic nitrogens is 3. The predicted molar refractivity (Wildman–Crippen MR) is 111 cm³/mol. The number of hydrogen-bond acceptors (Lipinski definition) is 7. The molecule has 2 aromatic heterocycles. The van der Waals surface area contributed by atoms with Gasteiger partial charge in [-0.1, -0.05) is 23.7 Å². The van der Waals surface area contributed by atoms with Crippen LogP contribution in [0.25, 0.3) is 11.0 Å². The molecule has 5 atom stereocenters. The van der Waals surface area contributed by atoms with Crippen LogP contribution in [0.5, 0.6) is 0 Å². The van der Waals surface area contributed by atoms with Crippen molar-refractivity contribution in [3.05, 3.63) is 53.4 Å². The van der Waals surface area contributed by atoms with Crippen molar-refractivity contribution in [1.29, 1.82) is 0 Å². The van der Waals surface area contributed by atoms with Crippen LogP contribution in [0.4, 0.5) is 5.82 Å². The van der Waals surface area contributed by atoms with Crippen molar-refractivity contribution in [2.75, 3.05) is 5.73 Å². The first-order chi connectivity index (χ1) is 14.2. The molecule has 0 spiro atoms. The fourth-order valence-electron chi connectivity index (χ4n) is 4.40. The zero-order valence-electron chi connectivity index (χ0n) is 16.8. The van der Waals surface area contributed by atoms with Crippen LogP contribution in [0, 0.1) is 0 Å². The highest BCUT2D eigenvalue weighted by Crippen LogP contribution is 2.48. The molecule has 5 rings (SSSR count). The van der Waals surface area contributed by atoms with E-state index < -0.39 is 35.9 Å². The molecule has 0 unspecified atom stereocenters. The van der Waals surface area contributed by atoms with E-state index in [-0.39, 0.29) is 0 Å². The minimum absolute atomic E-state index is 0.391. The Labute approximate surface area is 178 Å². The first-order valence-corrected chi connectivity index (χ1v) is 10.1. The largest absolute Gasteiger partial charge is 0.383 e. The summed E-state index contributed by atoms with van der Waals surface area (Å²) in [6.45, 7) is 5.41. The van der Waals surface area contributed by atoms with E-state index >= 15 is 0 Å². The highest BCUT2D eigenvalue weighted by Gasteiger charge is 2.60. The third-order valence-corrected chi connectivity index (χ3v) is 6.08. The number of ether oxygens (including phenoxy) is 3. The lowest BCUT2D eigenvalue weighted by Crippen LogP contribution is -2.45. The van der Waals surface area contributed by atoms with Crippen LogP contribution in [-0.4, -0.2) is 43.7 Å². The van der Waals surface area contributed by atoms with Gasteiger partial charge in [-0.2, -0.15) is 0 Å². The van der Waals surface area contributed by atoms with Crippen molar-refractivity contribution >= 4 is 28.5 Å². The van der Waals surface area contributed by atoms with Gasteiger partial charge in [-0.25, -0.2) is 9.97 Å². The second kappa shape index (κ2) is 6.63. The minimum atomic E-state index is -1.34. The number of rotatable bonds is 3. The molecule has 0 saturated carbocycles. The number of fused-ring (bicyclic) bond motifs is 2. The number of nitrogen functional groups attached to an aromatic ring is 1. The highest BCUT2D eigenvalue weighted by atomic mass is 35.5. The van der Waals surface area contributed by atoms with Gasteiger partial charge >= 0.3 is 0 Å². The number of anilines is 1. The number of hydrogen-bond donors (Lipinski definition) is 2. The van der Waals surface area contributed by atoms with E-state index in [9.17, 15) is 5.11 Å². The molecule has 158 valence electrons. The average molecular weight is 431 g/mol. The average Bonchev–Trinajstić information content (AvgIpc) is 3.33. The molecule has 3 aromatic rings. The quantitative estimate of drug-likeness (QED) is 0.658. The molecular formula is C21H23ClN4O4. The zero-order chi connectivity index (χ0) is 21.3. The van der Waals surface area contributed by atoms with E-state index in [1.807, 2.05) is 30.7 Å². The molecular weight excluding hydrogens is 408 g/mol. The molecule has 3 N–H and O–H groups in total. The number of benzene rings is 1. The van der Waals surface area contributed by atoms with Gasteiger partial charge in [0.15, 0.2) is 12.0 Å². The third kappa shape index (κ3) is 2.99. The normalized spacial score (nSPS) is 29.8. The van der Waals surface area contributed by atoms with E-state index in [0.717, 1.165) is 5.39 Å². The lowest BCUT2D eigenvalue weighted by atomic mass is 9.87. The van der Waals surface area contributed by atoms with E-state index in [2.05, 4.69) is 9.97 Å². The number of nitrogens with two attached hydrogens (primary N) is 1. The summed E-state index contributed by atoms with van der Waals surface area (Å²) in [5.41, 5.74) is 5.95. The van der Waals surface area contributed by atoms with Gasteiger partial charge in [-0.15, -0.1) is 0 Å². The predicted octanol–water partition coefficient (Wildman–Crippen LogP) is 2.99. The van der Waals surface area contributed by atoms with Crippen molar-refractivity contribution in [3.8, 4) is 0 Å². The monoisotopic (exact) mass is 430 g/mol. The second-order valence-corrected chi connectivity index (χ2v) is 8.82. The fraction of sp³-hybridized carbons (Fsp3) is 0.429. The number of nitrogens with zero attached hydrogens (tertiary/aromatic N) is 3. The topological polar surface area (TPSA) is 105 Å². The summed E-state index contributed by atoms with van der Waals surface area (Å²) in [6.07, 6.45) is 1.06. The molecule has 30 heavy (non-hydrogen) atoms. The van der Waals surface area contributed by atoms with Crippen molar-refractivity contribution in [2.45, 2.75) is 56.7 Å². The molecule has 1 aromatic carbocycles. The molecule has 2 saturated heterocycles. The molecule has 0 bridgehead atoms. The van der Waals surface area contributed by atoms with E-state index in [1.54, 1.807) is 31.2 Å². The van der Waals surface area contributed by atoms with Crippen molar-refractivity contribution in [3.63, 3.8) is 0 Å². The van der Waals surface area contributed by atoms with Gasteiger partial charge in [0, 0.05) is 11.2 Å². The second-order valence-electron chi connectivity index (χ2n) is 8.39. The Bertz CT molecular complexity index is 1100. The van der Waals surface area contributed by atoms with E-state index in [0.29, 0.717) is 22.1 Å². The van der Waals surface area contributed by atoms with Crippen LogP contribution in [-0.2, 0) is 19.8 Å². The Morgan fingerprint density at radius 1 is 1.13 bits per heavy atom. The van der Waals surface area contributed by atoms with E-state index in [1.165, 1.54) is 6.33 Å². The van der Waals surface area contributed by atoms with Gasteiger partial charge in [-0.3, -0.25) is 0 Å². The summed E-state index contributed by atoms with van der Waals surface area (Å²) in [5, 5.41) is 12.8. The van der Waals surface area contributed by atoms with Crippen LogP contribution in [0.1, 0.15) is 32.6 Å². The maximum absolute atomic E-state index is 11.5. The van der Waals surface area contributed by atoms with Crippen LogP contribution < -0.4 is 5.73 Å². The summed E-state index contributed by atoms with van der Waals surface area (Å²) in [4.78, 5) is 8.41. The Morgan fingerprint density at radius 2 is 1.83 bits per heavy atom. The molecule has 9 heteroatoms. The highest BCUT2D eigenvalue weighted by molar-refractivity contribution is 6.30. The number of halogens is 1. The van der Waals surface area contributed by atoms with Crippen molar-refractivity contribution in [1.82, 2.24) is 14.5 Å². The minimum Gasteiger partial charge on any atom is -0.383 e. The summed E-state index contributed by atoms with van der Waals surface area (Å²) in [6, 6.07) is 8.89. The molecule has 0 radical (unpaired) electrons. The molecule has 0 aliphatic carbocycles. The zero-order valence-corrected chi connectivity index (χ0v) is 17.6. The SMILES string of the molecule is CC1(C)O[C@@H]2[C@H](O1)[C@@H]([C@](C)(O)c1ccc(Cl)cc1)O[C@H]2n1ccc2c(N)ncnc21. The van der Waals surface area contributed by atoms with Gasteiger partial charge < -0.3 is 29.6 Å². The lowest BCUT2D eigenvalue weighted by molar-refractivity contribution is -0.221. The first kappa shape index (κ1) is 19.7. The summed E-state index contributed by atoms with van der Waals surface area (Å²) in [5.74, 6) is -0.426. The third-order valence-electron chi connectivity index (χ3n) is 5.83. The summed E-state index contributed by atoms with van der Waals surface area (Å²) in [7, 11) is 0. The van der Waals surface area contributed by atoms with E-state index in [4.69, 9.17) is 31.5 Å². The van der Waals surface area contributed by atoms with Crippen LogP contribution >= 0.6 is 11.6 Å². The van der Waals surface area contributed by atoms with Gasteiger partial charge in [0.05, 0.1) is 5.39 Å². The van der Waals surface area contributed by atoms with Crippen molar-refractivity contribution < 1.29 is 19.3 Å². The van der Waals surface area contributed by atoms with Gasteiger partial charge in [0.2, 0.25) is 0 Å². The molecule has 2 aliphatic rings. The Hall–Kier alpha value is -2.23. The van der Waals surface area contributed by atoms with Crippen LogP contribution in [0.15, 0.2) is 42.9 Å². The van der Waals surface area contributed by atoms with Gasteiger partial charge in [-0.05, 0) is 44.5 Å². The van der Waals surface area contributed by atoms with Gasteiger partial charge in [0.1, 0.15) is 41.7 Å². The summed E-state index contributed by atoms with van der Waals surface area (Å²) >= 11 is 6.02. The Kier molecular flexibility index (Phi) is 4.36. The molecule has 0 amide bonds.